The Morgan fingerprint density at radius 1 is 0.480 bits per heavy atom. The van der Waals surface area contributed by atoms with Gasteiger partial charge in [0, 0.05) is 0 Å². The summed E-state index contributed by atoms with van der Waals surface area (Å²) in [4.78, 5) is 0. The Bertz CT molecular complexity index is 453. The third kappa shape index (κ3) is 5.93. The lowest BCUT2D eigenvalue weighted by molar-refractivity contribution is 0.324. The van der Waals surface area contributed by atoms with Crippen molar-refractivity contribution in [2.24, 2.45) is 31.5 Å². The Morgan fingerprint density at radius 2 is 0.760 bits per heavy atom. The zero-order chi connectivity index (χ0) is 17.5. The van der Waals surface area contributed by atoms with Crippen LogP contribution in [0.15, 0.2) is 25.6 Å². The van der Waals surface area contributed by atoms with E-state index >= 15 is 0 Å². The number of nitrogens with zero attached hydrogens (tertiary/aromatic N) is 5. The molecule has 25 heavy (non-hydrogen) atoms. The van der Waals surface area contributed by atoms with Gasteiger partial charge in [0.15, 0.2) is 0 Å². The summed E-state index contributed by atoms with van der Waals surface area (Å²) in [6, 6.07) is 1.89. The minimum atomic E-state index is 0.236. The zero-order valence-electron chi connectivity index (χ0n) is 15.7. The van der Waals surface area contributed by atoms with Gasteiger partial charge in [-0.2, -0.15) is 25.6 Å². The quantitative estimate of drug-likeness (QED) is 0.581. The van der Waals surface area contributed by atoms with Gasteiger partial charge in [-0.3, -0.25) is 0 Å². The number of rotatable bonds is 5. The van der Waals surface area contributed by atoms with Crippen molar-refractivity contribution >= 4 is 0 Å². The molecule has 1 N–H and O–H groups in total. The highest BCUT2D eigenvalue weighted by Gasteiger charge is 2.24. The summed E-state index contributed by atoms with van der Waals surface area (Å²) in [6.45, 7) is 2.35. The van der Waals surface area contributed by atoms with Crippen LogP contribution in [0.25, 0.3) is 0 Å². The van der Waals surface area contributed by atoms with Gasteiger partial charge in [0.05, 0.1) is 30.2 Å². The molecule has 0 heterocycles. The fourth-order valence-corrected chi connectivity index (χ4v) is 4.33. The van der Waals surface area contributed by atoms with E-state index in [1.165, 1.54) is 25.7 Å². The van der Waals surface area contributed by atoms with E-state index in [1.807, 2.05) is 0 Å². The van der Waals surface area contributed by atoms with E-state index in [2.05, 4.69) is 32.5 Å². The molecule has 0 bridgehead atoms. The molecule has 3 aliphatic rings. The monoisotopic (exact) mass is 346 g/mol. The van der Waals surface area contributed by atoms with Crippen molar-refractivity contribution in [3.05, 3.63) is 0 Å². The van der Waals surface area contributed by atoms with Crippen LogP contribution in [-0.2, 0) is 0 Å². The molecule has 0 spiro atoms. The summed E-state index contributed by atoms with van der Waals surface area (Å²) in [7, 11) is 0. The molecule has 0 amide bonds. The predicted octanol–water partition coefficient (Wildman–Crippen LogP) is 6.12. The fraction of sp³-hybridized carbons (Fsp3) is 1.00. The van der Waals surface area contributed by atoms with E-state index in [0.29, 0.717) is 24.2 Å². The molecular formula is C19H34N6. The van der Waals surface area contributed by atoms with Crippen LogP contribution in [0.5, 0.6) is 0 Å². The first-order valence-corrected chi connectivity index (χ1v) is 10.4. The Balaban J connectivity index is 1.34. The molecule has 3 saturated carbocycles. The standard InChI is InChI=1S/C19H34N6/c1-14-2-4-16(5-3-14)22-24-18-10-12-19(13-11-18)25-23-17-8-6-15(21-20)7-9-17/h14-20H,2-13H2,1H3. The van der Waals surface area contributed by atoms with Crippen molar-refractivity contribution in [2.75, 3.05) is 0 Å². The Labute approximate surface area is 151 Å². The molecule has 0 atom stereocenters. The summed E-state index contributed by atoms with van der Waals surface area (Å²) in [5.74, 6) is 0.878. The first kappa shape index (κ1) is 18.6. The maximum atomic E-state index is 7.11. The van der Waals surface area contributed by atoms with Crippen LogP contribution in [0.1, 0.15) is 84.0 Å². The number of hydrogen-bond acceptors (Lipinski definition) is 6. The third-order valence-electron chi connectivity index (χ3n) is 6.29. The number of nitrogens with one attached hydrogen (secondary N) is 1. The van der Waals surface area contributed by atoms with Crippen molar-refractivity contribution in [1.82, 2.24) is 0 Å². The van der Waals surface area contributed by atoms with E-state index in [4.69, 9.17) is 5.53 Å². The Morgan fingerprint density at radius 3 is 1.08 bits per heavy atom. The van der Waals surface area contributed by atoms with Gasteiger partial charge >= 0.3 is 0 Å². The molecule has 0 unspecified atom stereocenters. The topological polar surface area (TPSA) is 85.7 Å². The first-order valence-electron chi connectivity index (χ1n) is 10.4. The SMILES string of the molecule is CC1CCC(N=NC2CCC(N=NC3CCC(N=N)CC3)CC2)CC1. The molecule has 3 fully saturated rings. The average Bonchev–Trinajstić information content (AvgIpc) is 2.67. The molecule has 0 radical (unpaired) electrons. The lowest BCUT2D eigenvalue weighted by atomic mass is 9.88. The van der Waals surface area contributed by atoms with Gasteiger partial charge in [-0.25, -0.2) is 5.53 Å². The number of azo groups is 2. The second-order valence-electron chi connectivity index (χ2n) is 8.43. The molecule has 0 aromatic carbocycles. The highest BCUT2D eigenvalue weighted by Crippen LogP contribution is 2.29. The van der Waals surface area contributed by atoms with E-state index in [9.17, 15) is 0 Å². The van der Waals surface area contributed by atoms with E-state index in [0.717, 1.165) is 57.3 Å². The van der Waals surface area contributed by atoms with Gasteiger partial charge < -0.3 is 0 Å². The molecule has 3 aliphatic carbocycles. The number of hydrogen-bond donors (Lipinski definition) is 1. The zero-order valence-corrected chi connectivity index (χ0v) is 15.7. The minimum absolute atomic E-state index is 0.236. The van der Waals surface area contributed by atoms with E-state index in [-0.39, 0.29) is 6.04 Å². The average molecular weight is 347 g/mol. The van der Waals surface area contributed by atoms with Crippen molar-refractivity contribution in [2.45, 2.75) is 114 Å². The molecule has 0 aromatic rings. The summed E-state index contributed by atoms with van der Waals surface area (Å²) in [6.07, 6.45) is 13.6. The van der Waals surface area contributed by atoms with Crippen LogP contribution >= 0.6 is 0 Å². The Kier molecular flexibility index (Phi) is 7.05. The van der Waals surface area contributed by atoms with Gasteiger partial charge in [0.2, 0.25) is 0 Å². The van der Waals surface area contributed by atoms with Gasteiger partial charge in [-0.1, -0.05) is 6.92 Å². The molecular weight excluding hydrogens is 312 g/mol. The summed E-state index contributed by atoms with van der Waals surface area (Å²) in [5, 5.41) is 22.2. The third-order valence-corrected chi connectivity index (χ3v) is 6.29. The largest absolute Gasteiger partial charge is 0.210 e. The van der Waals surface area contributed by atoms with E-state index in [1.54, 1.807) is 0 Å². The first-order chi connectivity index (χ1) is 12.2. The second-order valence-corrected chi connectivity index (χ2v) is 8.43. The van der Waals surface area contributed by atoms with Crippen LogP contribution < -0.4 is 0 Å². The molecule has 6 nitrogen and oxygen atoms in total. The maximum Gasteiger partial charge on any atom is 0.0710 e. The predicted molar refractivity (Wildman–Crippen MR) is 98.4 cm³/mol. The van der Waals surface area contributed by atoms with Gasteiger partial charge in [-0.15, -0.1) is 0 Å². The van der Waals surface area contributed by atoms with E-state index < -0.39 is 0 Å². The minimum Gasteiger partial charge on any atom is -0.210 e. The van der Waals surface area contributed by atoms with Crippen LogP contribution in [0.4, 0.5) is 0 Å². The van der Waals surface area contributed by atoms with Crippen LogP contribution in [-0.4, -0.2) is 30.2 Å². The van der Waals surface area contributed by atoms with Crippen LogP contribution in [0.2, 0.25) is 0 Å². The molecule has 140 valence electrons. The molecule has 6 heteroatoms. The molecule has 0 aliphatic heterocycles. The summed E-state index contributed by atoms with van der Waals surface area (Å²) >= 11 is 0. The molecule has 3 rings (SSSR count). The fourth-order valence-electron chi connectivity index (χ4n) is 4.33. The van der Waals surface area contributed by atoms with Crippen LogP contribution in [0.3, 0.4) is 0 Å². The highest BCUT2D eigenvalue weighted by molar-refractivity contribution is 4.83. The lowest BCUT2D eigenvalue weighted by Crippen LogP contribution is -2.22. The summed E-state index contributed by atoms with van der Waals surface area (Å²) in [5.41, 5.74) is 7.11. The van der Waals surface area contributed by atoms with Crippen molar-refractivity contribution < 1.29 is 0 Å². The van der Waals surface area contributed by atoms with Crippen molar-refractivity contribution in [3.63, 3.8) is 0 Å². The van der Waals surface area contributed by atoms with Crippen LogP contribution in [0, 0.1) is 11.4 Å². The normalized spacial score (nSPS) is 40.5. The highest BCUT2D eigenvalue weighted by atomic mass is 15.2. The molecule has 0 saturated heterocycles. The van der Waals surface area contributed by atoms with Gasteiger partial charge in [-0.05, 0) is 83.0 Å². The van der Waals surface area contributed by atoms with Gasteiger partial charge in [0.1, 0.15) is 0 Å². The van der Waals surface area contributed by atoms with Gasteiger partial charge in [0.25, 0.3) is 0 Å². The second kappa shape index (κ2) is 9.48. The van der Waals surface area contributed by atoms with Crippen molar-refractivity contribution in [1.29, 1.82) is 5.53 Å². The van der Waals surface area contributed by atoms with Crippen molar-refractivity contribution in [3.8, 4) is 0 Å². The summed E-state index contributed by atoms with van der Waals surface area (Å²) < 4.78 is 0. The smallest absolute Gasteiger partial charge is 0.0710 e. The Hall–Kier alpha value is -1.20. The molecule has 0 aromatic heterocycles. The lowest BCUT2D eigenvalue weighted by Gasteiger charge is -2.25. The maximum absolute atomic E-state index is 7.11.